The highest BCUT2D eigenvalue weighted by Gasteiger charge is 2.26. The molecule has 22 heavy (non-hydrogen) atoms. The van der Waals surface area contributed by atoms with E-state index in [-0.39, 0.29) is 5.91 Å². The van der Waals surface area contributed by atoms with Gasteiger partial charge in [0.25, 0.3) is 0 Å². The number of aromatic nitrogens is 2. The van der Waals surface area contributed by atoms with E-state index in [1.54, 1.807) is 0 Å². The number of rotatable bonds is 3. The van der Waals surface area contributed by atoms with Crippen molar-refractivity contribution in [3.05, 3.63) is 34.9 Å². The number of nitrogens with zero attached hydrogens (tertiary/aromatic N) is 4. The van der Waals surface area contributed by atoms with Crippen LogP contribution in [0.25, 0.3) is 0 Å². The van der Waals surface area contributed by atoms with Crippen molar-refractivity contribution in [2.45, 2.75) is 20.4 Å². The smallest absolute Gasteiger partial charge is 0.242 e. The van der Waals surface area contributed by atoms with Gasteiger partial charge in [-0.3, -0.25) is 4.79 Å². The lowest BCUT2D eigenvalue weighted by molar-refractivity contribution is -0.131. The largest absolute Gasteiger partial charge is 0.374 e. The Kier molecular flexibility index (Phi) is 3.98. The molecular weight excluding hydrogens is 298 g/mol. The Labute approximate surface area is 133 Å². The molecule has 1 saturated heterocycles. The Morgan fingerprint density at radius 3 is 2.50 bits per heavy atom. The molecule has 2 aromatic rings. The molecule has 1 aliphatic rings. The van der Waals surface area contributed by atoms with Gasteiger partial charge in [-0.15, -0.1) is 10.2 Å². The minimum atomic E-state index is 0.110. The fourth-order valence-corrected chi connectivity index (χ4v) is 3.41. The molecule has 1 aromatic carbocycles. The quantitative estimate of drug-likeness (QED) is 0.930. The first-order valence-corrected chi connectivity index (χ1v) is 8.02. The van der Waals surface area contributed by atoms with Crippen LogP contribution >= 0.6 is 11.3 Å². The summed E-state index contributed by atoms with van der Waals surface area (Å²) in [5, 5.41) is 8.96. The molecule has 6 nitrogen and oxygen atoms in total. The van der Waals surface area contributed by atoms with E-state index in [2.05, 4.69) is 42.2 Å². The van der Waals surface area contributed by atoms with E-state index in [0.717, 1.165) is 11.7 Å². The first-order chi connectivity index (χ1) is 10.5. The number of hydrogen-bond donors (Lipinski definition) is 1. The SMILES string of the molecule is Cc1cc(C)cc(CN2CCN(c3nnc(N)s3)CC2=O)c1. The fraction of sp³-hybridized carbons (Fsp3) is 0.400. The Morgan fingerprint density at radius 1 is 1.18 bits per heavy atom. The van der Waals surface area contributed by atoms with Gasteiger partial charge in [-0.25, -0.2) is 0 Å². The molecule has 1 amide bonds. The molecule has 1 aliphatic heterocycles. The van der Waals surface area contributed by atoms with E-state index in [4.69, 9.17) is 5.73 Å². The number of carbonyl (C=O) groups excluding carboxylic acids is 1. The average molecular weight is 317 g/mol. The van der Waals surface area contributed by atoms with E-state index >= 15 is 0 Å². The zero-order chi connectivity index (χ0) is 15.7. The van der Waals surface area contributed by atoms with Crippen molar-refractivity contribution in [3.8, 4) is 0 Å². The molecule has 3 rings (SSSR count). The third-order valence-corrected chi connectivity index (χ3v) is 4.49. The van der Waals surface area contributed by atoms with Gasteiger partial charge in [-0.1, -0.05) is 40.7 Å². The summed E-state index contributed by atoms with van der Waals surface area (Å²) >= 11 is 1.32. The molecule has 0 aliphatic carbocycles. The maximum absolute atomic E-state index is 12.4. The molecule has 0 spiro atoms. The van der Waals surface area contributed by atoms with Gasteiger partial charge in [-0.2, -0.15) is 0 Å². The Hall–Kier alpha value is -2.15. The zero-order valence-corrected chi connectivity index (χ0v) is 13.6. The average Bonchev–Trinajstić information content (AvgIpc) is 2.86. The minimum Gasteiger partial charge on any atom is -0.374 e. The normalized spacial score (nSPS) is 15.5. The molecule has 0 atom stereocenters. The lowest BCUT2D eigenvalue weighted by Gasteiger charge is -2.34. The first-order valence-electron chi connectivity index (χ1n) is 7.20. The monoisotopic (exact) mass is 317 g/mol. The highest BCUT2D eigenvalue weighted by atomic mass is 32.1. The van der Waals surface area contributed by atoms with E-state index in [0.29, 0.717) is 24.8 Å². The van der Waals surface area contributed by atoms with Crippen LogP contribution in [-0.2, 0) is 11.3 Å². The van der Waals surface area contributed by atoms with Gasteiger partial charge in [0.05, 0.1) is 6.54 Å². The molecular formula is C15H19N5OS. The minimum absolute atomic E-state index is 0.110. The first kappa shape index (κ1) is 14.8. The molecule has 116 valence electrons. The second-order valence-corrected chi connectivity index (χ2v) is 6.64. The summed E-state index contributed by atoms with van der Waals surface area (Å²) in [7, 11) is 0. The summed E-state index contributed by atoms with van der Waals surface area (Å²) in [6.07, 6.45) is 0. The number of anilines is 2. The van der Waals surface area contributed by atoms with Crippen LogP contribution in [-0.4, -0.2) is 40.6 Å². The summed E-state index contributed by atoms with van der Waals surface area (Å²) < 4.78 is 0. The van der Waals surface area contributed by atoms with Gasteiger partial charge in [-0.05, 0) is 19.4 Å². The molecule has 0 radical (unpaired) electrons. The third-order valence-electron chi connectivity index (χ3n) is 3.67. The summed E-state index contributed by atoms with van der Waals surface area (Å²) in [6.45, 7) is 6.59. The van der Waals surface area contributed by atoms with E-state index in [1.165, 1.54) is 28.0 Å². The number of carbonyl (C=O) groups is 1. The van der Waals surface area contributed by atoms with Crippen molar-refractivity contribution in [2.24, 2.45) is 0 Å². The number of benzene rings is 1. The topological polar surface area (TPSA) is 75.3 Å². The standard InChI is InChI=1S/C15H19N5OS/c1-10-5-11(2)7-12(6-10)8-19-3-4-20(9-13(19)21)15-18-17-14(16)22-15/h5-7H,3-4,8-9H2,1-2H3,(H2,16,17). The summed E-state index contributed by atoms with van der Waals surface area (Å²) in [5.74, 6) is 0.110. The molecule has 1 aromatic heterocycles. The van der Waals surface area contributed by atoms with Crippen LogP contribution in [0.5, 0.6) is 0 Å². The van der Waals surface area contributed by atoms with Crippen LogP contribution in [0.2, 0.25) is 0 Å². The van der Waals surface area contributed by atoms with Crippen LogP contribution in [0.1, 0.15) is 16.7 Å². The number of nitrogen functional groups attached to an aromatic ring is 1. The number of hydrogen-bond acceptors (Lipinski definition) is 6. The van der Waals surface area contributed by atoms with Crippen molar-refractivity contribution in [2.75, 3.05) is 30.3 Å². The number of piperazine rings is 1. The van der Waals surface area contributed by atoms with Crippen molar-refractivity contribution < 1.29 is 4.79 Å². The number of aryl methyl sites for hydroxylation is 2. The van der Waals surface area contributed by atoms with Crippen LogP contribution in [0, 0.1) is 13.8 Å². The maximum Gasteiger partial charge on any atom is 0.242 e. The lowest BCUT2D eigenvalue weighted by Crippen LogP contribution is -2.50. The molecule has 0 saturated carbocycles. The van der Waals surface area contributed by atoms with Crippen LogP contribution in [0.15, 0.2) is 18.2 Å². The van der Waals surface area contributed by atoms with E-state index in [9.17, 15) is 4.79 Å². The summed E-state index contributed by atoms with van der Waals surface area (Å²) in [4.78, 5) is 16.2. The highest BCUT2D eigenvalue weighted by Crippen LogP contribution is 2.23. The molecule has 2 N–H and O–H groups in total. The van der Waals surface area contributed by atoms with Gasteiger partial charge in [0.2, 0.25) is 16.2 Å². The highest BCUT2D eigenvalue weighted by molar-refractivity contribution is 7.18. The lowest BCUT2D eigenvalue weighted by atomic mass is 10.1. The molecule has 7 heteroatoms. The second-order valence-electron chi connectivity index (χ2n) is 5.66. The van der Waals surface area contributed by atoms with Gasteiger partial charge in [0, 0.05) is 19.6 Å². The van der Waals surface area contributed by atoms with Crippen LogP contribution < -0.4 is 10.6 Å². The van der Waals surface area contributed by atoms with Crippen LogP contribution in [0.3, 0.4) is 0 Å². The van der Waals surface area contributed by atoms with Gasteiger partial charge in [0.1, 0.15) is 0 Å². The van der Waals surface area contributed by atoms with Crippen LogP contribution in [0.4, 0.5) is 10.3 Å². The van der Waals surface area contributed by atoms with E-state index < -0.39 is 0 Å². The Balaban J connectivity index is 1.67. The molecule has 2 heterocycles. The fourth-order valence-electron chi connectivity index (χ4n) is 2.77. The molecule has 0 unspecified atom stereocenters. The van der Waals surface area contributed by atoms with Gasteiger partial charge < -0.3 is 15.5 Å². The molecule has 1 fully saturated rings. The Morgan fingerprint density at radius 2 is 1.91 bits per heavy atom. The summed E-state index contributed by atoms with van der Waals surface area (Å²) in [5.41, 5.74) is 9.24. The third kappa shape index (κ3) is 3.19. The predicted octanol–water partition coefficient (Wildman–Crippen LogP) is 1.59. The van der Waals surface area contributed by atoms with Crippen molar-refractivity contribution >= 4 is 27.5 Å². The van der Waals surface area contributed by atoms with Gasteiger partial charge >= 0.3 is 0 Å². The van der Waals surface area contributed by atoms with Gasteiger partial charge in [0.15, 0.2) is 0 Å². The van der Waals surface area contributed by atoms with Crippen molar-refractivity contribution in [3.63, 3.8) is 0 Å². The number of amides is 1. The maximum atomic E-state index is 12.4. The zero-order valence-electron chi connectivity index (χ0n) is 12.7. The number of nitrogens with two attached hydrogens (primary N) is 1. The molecule has 0 bridgehead atoms. The second kappa shape index (κ2) is 5.92. The summed E-state index contributed by atoms with van der Waals surface area (Å²) in [6, 6.07) is 6.42. The predicted molar refractivity (Wildman–Crippen MR) is 87.9 cm³/mol. The van der Waals surface area contributed by atoms with Crippen molar-refractivity contribution in [1.82, 2.24) is 15.1 Å². The van der Waals surface area contributed by atoms with Crippen molar-refractivity contribution in [1.29, 1.82) is 0 Å². The Bertz CT molecular complexity index is 679. The van der Waals surface area contributed by atoms with E-state index in [1.807, 2.05) is 9.80 Å².